The van der Waals surface area contributed by atoms with Gasteiger partial charge >= 0.3 is 5.97 Å². The molecule has 0 saturated carbocycles. The van der Waals surface area contributed by atoms with Crippen LogP contribution >= 0.6 is 0 Å². The number of rotatable bonds is 23. The number of carbonyl (C=O) groups is 4. The van der Waals surface area contributed by atoms with Crippen LogP contribution in [0.2, 0.25) is 11.1 Å². The largest absolute Gasteiger partial charge is 0.516 e. The number of hydrogen-bond acceptors (Lipinski definition) is 6. The Morgan fingerprint density at radius 2 is 0.937 bits per heavy atom. The van der Waals surface area contributed by atoms with Crippen molar-refractivity contribution >= 4 is 31.9 Å². The number of nitrogens with one attached hydrogen (secondary N) is 2. The fourth-order valence-corrected chi connectivity index (χ4v) is 15.6. The van der Waals surface area contributed by atoms with Gasteiger partial charge in [-0.1, -0.05) is 206 Å². The minimum atomic E-state index is -3.09. The highest BCUT2D eigenvalue weighted by Crippen LogP contribution is 2.50. The molecule has 0 saturated heterocycles. The van der Waals surface area contributed by atoms with Crippen LogP contribution in [0.25, 0.3) is 0 Å². The van der Waals surface area contributed by atoms with Crippen molar-refractivity contribution in [3.05, 3.63) is 179 Å². The van der Waals surface area contributed by atoms with E-state index >= 15 is 4.79 Å². The molecule has 0 bridgehead atoms. The molecule has 2 unspecified atom stereocenters. The van der Waals surface area contributed by atoms with Crippen molar-refractivity contribution in [1.82, 2.24) is 10.6 Å². The standard InChI is InChI=1S/C54H67N3O5Si/c1-7-39(3)63(40(4)8-2,54(5,6)46-32-22-13-23-33-46)62-53(61)49(37-44-30-20-12-21-31-44)57-51(59)45(34-41-24-14-9-15-25-41)38-50(58)48(36-43-28-18-11-19-29-43)56-52(60)47(55)35-42-26-16-10-17-27-42/h9-33,39-40,45,47-49H,7-8,34-38,55H2,1-6H3,(H,56,60)(H,57,59)/t39?,40?,45-,47+,48+,49+,63?/m1/s1. The topological polar surface area (TPSA) is 128 Å². The Kier molecular flexibility index (Phi) is 17.8. The van der Waals surface area contributed by atoms with E-state index in [0.717, 1.165) is 40.7 Å². The van der Waals surface area contributed by atoms with E-state index in [9.17, 15) is 14.4 Å². The summed E-state index contributed by atoms with van der Waals surface area (Å²) >= 11 is 0. The molecule has 63 heavy (non-hydrogen) atoms. The Hall–Kier alpha value is -5.64. The van der Waals surface area contributed by atoms with Crippen LogP contribution in [0.4, 0.5) is 0 Å². The molecule has 0 spiro atoms. The van der Waals surface area contributed by atoms with Gasteiger partial charge in [0.25, 0.3) is 8.32 Å². The fourth-order valence-electron chi connectivity index (χ4n) is 9.18. The van der Waals surface area contributed by atoms with Crippen LogP contribution in [0.3, 0.4) is 0 Å². The lowest BCUT2D eigenvalue weighted by Crippen LogP contribution is -2.63. The monoisotopic (exact) mass is 865 g/mol. The molecule has 0 aliphatic rings. The van der Waals surface area contributed by atoms with Gasteiger partial charge in [-0.25, -0.2) is 0 Å². The Labute approximate surface area is 376 Å². The molecule has 0 aliphatic heterocycles. The number of benzene rings is 5. The first kappa shape index (κ1) is 48.4. The Balaban J connectivity index is 1.49. The minimum Gasteiger partial charge on any atom is -0.516 e. The third-order valence-electron chi connectivity index (χ3n) is 13.1. The zero-order chi connectivity index (χ0) is 45.4. The highest BCUT2D eigenvalue weighted by atomic mass is 28.4. The zero-order valence-electron chi connectivity index (χ0n) is 38.0. The van der Waals surface area contributed by atoms with E-state index in [0.29, 0.717) is 6.42 Å². The predicted octanol–water partition coefficient (Wildman–Crippen LogP) is 9.44. The Morgan fingerprint density at radius 1 is 0.556 bits per heavy atom. The summed E-state index contributed by atoms with van der Waals surface area (Å²) in [6.07, 6.45) is 2.45. The van der Waals surface area contributed by atoms with Crippen LogP contribution in [0, 0.1) is 5.92 Å². The number of amides is 2. The van der Waals surface area contributed by atoms with Crippen LogP contribution in [-0.2, 0) is 54.3 Å². The van der Waals surface area contributed by atoms with Crippen molar-refractivity contribution in [1.29, 1.82) is 0 Å². The van der Waals surface area contributed by atoms with Gasteiger partial charge in [0.05, 0.1) is 12.1 Å². The van der Waals surface area contributed by atoms with Crippen molar-refractivity contribution in [3.63, 3.8) is 0 Å². The zero-order valence-corrected chi connectivity index (χ0v) is 39.0. The number of hydrogen-bond donors (Lipinski definition) is 3. The van der Waals surface area contributed by atoms with Crippen LogP contribution in [0.1, 0.15) is 88.6 Å². The smallest absolute Gasteiger partial charge is 0.315 e. The fraction of sp³-hybridized carbons (Fsp3) is 0.370. The quantitative estimate of drug-likeness (QED) is 0.0562. The molecule has 8 nitrogen and oxygen atoms in total. The number of Topliss-reactive ketones (excluding diaryl/α,β-unsaturated/α-hetero) is 1. The third-order valence-corrected chi connectivity index (χ3v) is 19.6. The van der Waals surface area contributed by atoms with Gasteiger partial charge in [-0.15, -0.1) is 0 Å². The first-order chi connectivity index (χ1) is 30.3. The Morgan fingerprint density at radius 3 is 1.38 bits per heavy atom. The first-order valence-corrected chi connectivity index (χ1v) is 24.7. The van der Waals surface area contributed by atoms with E-state index in [1.165, 1.54) is 0 Å². The molecule has 5 aromatic carbocycles. The van der Waals surface area contributed by atoms with E-state index in [2.05, 4.69) is 64.3 Å². The summed E-state index contributed by atoms with van der Waals surface area (Å²) in [4.78, 5) is 58.3. The summed E-state index contributed by atoms with van der Waals surface area (Å²) in [6.45, 7) is 13.2. The normalized spacial score (nSPS) is 15.3. The average Bonchev–Trinajstić information content (AvgIpc) is 3.30. The molecule has 0 radical (unpaired) electrons. The maximum Gasteiger partial charge on any atom is 0.315 e. The number of carbonyl (C=O) groups excluding carboxylic acids is 4. The van der Waals surface area contributed by atoms with Gasteiger partial charge in [-0.05, 0) is 58.2 Å². The van der Waals surface area contributed by atoms with Crippen molar-refractivity contribution in [2.75, 3.05) is 0 Å². The van der Waals surface area contributed by atoms with E-state index in [4.69, 9.17) is 10.2 Å². The number of nitrogens with two attached hydrogens (primary N) is 1. The van der Waals surface area contributed by atoms with Crippen LogP contribution in [-0.4, -0.2) is 50.0 Å². The van der Waals surface area contributed by atoms with Gasteiger partial charge in [0, 0.05) is 23.8 Å². The molecule has 5 rings (SSSR count). The SMILES string of the molecule is CCC(C)[Si](OC(=O)[C@H](Cc1ccccc1)NC(=O)[C@@H](CC(=O)[C@H](Cc1ccccc1)NC(=O)[C@@H](N)Cc1ccccc1)Cc1ccccc1)(C(C)CC)C(C)(C)c1ccccc1. The van der Waals surface area contributed by atoms with E-state index in [1.54, 1.807) is 0 Å². The summed E-state index contributed by atoms with van der Waals surface area (Å²) in [6, 6.07) is 45.6. The van der Waals surface area contributed by atoms with Crippen molar-refractivity contribution in [2.24, 2.45) is 11.7 Å². The highest BCUT2D eigenvalue weighted by Gasteiger charge is 2.59. The first-order valence-electron chi connectivity index (χ1n) is 22.6. The summed E-state index contributed by atoms with van der Waals surface area (Å²) < 4.78 is 7.15. The van der Waals surface area contributed by atoms with Crippen LogP contribution < -0.4 is 16.4 Å². The van der Waals surface area contributed by atoms with Crippen LogP contribution in [0.15, 0.2) is 152 Å². The molecule has 4 N–H and O–H groups in total. The maximum absolute atomic E-state index is 15.1. The molecule has 6 atom stereocenters. The second kappa shape index (κ2) is 23.2. The van der Waals surface area contributed by atoms with Gasteiger partial charge in [-0.2, -0.15) is 0 Å². The molecule has 0 fully saturated rings. The highest BCUT2D eigenvalue weighted by molar-refractivity contribution is 6.80. The van der Waals surface area contributed by atoms with Crippen LogP contribution in [0.5, 0.6) is 0 Å². The van der Waals surface area contributed by atoms with E-state index in [-0.39, 0.29) is 42.5 Å². The molecule has 0 aliphatic carbocycles. The Bertz CT molecular complexity index is 2180. The average molecular weight is 866 g/mol. The third kappa shape index (κ3) is 12.7. The lowest BCUT2D eigenvalue weighted by atomic mass is 9.89. The lowest BCUT2D eigenvalue weighted by Gasteiger charge is -2.51. The van der Waals surface area contributed by atoms with E-state index in [1.807, 2.05) is 140 Å². The van der Waals surface area contributed by atoms with Crippen molar-refractivity contribution in [2.45, 2.75) is 121 Å². The summed E-state index contributed by atoms with van der Waals surface area (Å²) in [5, 5.41) is 5.63. The molecule has 9 heteroatoms. The maximum atomic E-state index is 15.1. The minimum absolute atomic E-state index is 0.0979. The summed E-state index contributed by atoms with van der Waals surface area (Å²) in [5.41, 5.74) is 11.2. The van der Waals surface area contributed by atoms with E-state index < -0.39 is 55.2 Å². The van der Waals surface area contributed by atoms with Gasteiger partial charge in [0.2, 0.25) is 11.8 Å². The van der Waals surface area contributed by atoms with Crippen molar-refractivity contribution in [3.8, 4) is 0 Å². The van der Waals surface area contributed by atoms with Gasteiger partial charge in [0.15, 0.2) is 5.78 Å². The van der Waals surface area contributed by atoms with Crippen molar-refractivity contribution < 1.29 is 23.6 Å². The molecule has 0 aromatic heterocycles. The molecule has 0 heterocycles. The van der Waals surface area contributed by atoms with Gasteiger partial charge < -0.3 is 20.8 Å². The molecular formula is C54H67N3O5Si. The van der Waals surface area contributed by atoms with Gasteiger partial charge in [-0.3, -0.25) is 19.2 Å². The summed E-state index contributed by atoms with van der Waals surface area (Å²) in [7, 11) is -3.09. The second-order valence-corrected chi connectivity index (χ2v) is 22.7. The second-order valence-electron chi connectivity index (χ2n) is 17.7. The van der Waals surface area contributed by atoms with Gasteiger partial charge in [0.1, 0.15) is 6.04 Å². The summed E-state index contributed by atoms with van der Waals surface area (Å²) in [5.74, 6) is -2.52. The predicted molar refractivity (Wildman–Crippen MR) is 256 cm³/mol. The molecular weight excluding hydrogens is 799 g/mol. The number of ketones is 1. The molecule has 5 aromatic rings. The molecule has 2 amide bonds. The molecule has 332 valence electrons. The lowest BCUT2D eigenvalue weighted by molar-refractivity contribution is -0.141.